The summed E-state index contributed by atoms with van der Waals surface area (Å²) in [5.41, 5.74) is 6.88. The normalized spacial score (nSPS) is 14.1. The molecule has 0 saturated heterocycles. The summed E-state index contributed by atoms with van der Waals surface area (Å²) >= 11 is 0. The summed E-state index contributed by atoms with van der Waals surface area (Å²) in [6.07, 6.45) is 1.41. The number of rotatable bonds is 5. The predicted molar refractivity (Wildman–Crippen MR) is 73.6 cm³/mol. The summed E-state index contributed by atoms with van der Waals surface area (Å²) in [4.78, 5) is 10.7. The molecule has 1 unspecified atom stereocenters. The highest BCUT2D eigenvalue weighted by molar-refractivity contribution is 7.91. The molecule has 0 fully saturated rings. The number of hydrogen-bond acceptors (Lipinski definition) is 4. The minimum atomic E-state index is -3.22. The fourth-order valence-electron chi connectivity index (χ4n) is 1.60. The Balaban J connectivity index is 2.98. The molecule has 1 aromatic carbocycles. The third-order valence-corrected chi connectivity index (χ3v) is 5.44. The molecule has 0 heterocycles. The van der Waals surface area contributed by atoms with Gasteiger partial charge in [0.2, 0.25) is 0 Å². The van der Waals surface area contributed by atoms with Crippen LogP contribution in [0.15, 0.2) is 24.3 Å². The van der Waals surface area contributed by atoms with Gasteiger partial charge in [-0.15, -0.1) is 0 Å². The van der Waals surface area contributed by atoms with E-state index in [1.165, 1.54) is 6.26 Å². The first kappa shape index (κ1) is 15.7. The van der Waals surface area contributed by atoms with E-state index >= 15 is 0 Å². The first-order valence-electron chi connectivity index (χ1n) is 5.83. The molecule has 6 heteroatoms. The summed E-state index contributed by atoms with van der Waals surface area (Å²) < 4.78 is 22.4. The Morgan fingerprint density at radius 3 is 2.16 bits per heavy atom. The Morgan fingerprint density at radius 1 is 1.32 bits per heavy atom. The molecular formula is C13H19NO4S. The molecule has 0 aliphatic rings. The van der Waals surface area contributed by atoms with E-state index < -0.39 is 26.6 Å². The molecule has 1 rings (SSSR count). The fourth-order valence-corrected chi connectivity index (χ4v) is 2.16. The van der Waals surface area contributed by atoms with Crippen LogP contribution in [0, 0.1) is 0 Å². The van der Waals surface area contributed by atoms with Crippen molar-refractivity contribution < 1.29 is 18.3 Å². The third kappa shape index (κ3) is 3.54. The zero-order valence-corrected chi connectivity index (χ0v) is 12.1. The van der Waals surface area contributed by atoms with Gasteiger partial charge in [-0.1, -0.05) is 24.3 Å². The van der Waals surface area contributed by atoms with E-state index in [0.717, 1.165) is 5.56 Å². The second-order valence-electron chi connectivity index (χ2n) is 5.13. The van der Waals surface area contributed by atoms with Gasteiger partial charge in [0.15, 0.2) is 9.84 Å². The van der Waals surface area contributed by atoms with E-state index in [4.69, 9.17) is 10.8 Å². The summed E-state index contributed by atoms with van der Waals surface area (Å²) in [5.74, 6) is -1.06. The Bertz CT molecular complexity index is 561. The van der Waals surface area contributed by atoms with Crippen LogP contribution < -0.4 is 5.73 Å². The Labute approximate surface area is 113 Å². The number of nitrogens with two attached hydrogens (primary N) is 1. The van der Waals surface area contributed by atoms with Crippen LogP contribution in [0.1, 0.15) is 25.0 Å². The van der Waals surface area contributed by atoms with Crippen molar-refractivity contribution in [2.24, 2.45) is 5.73 Å². The molecule has 0 aromatic heterocycles. The van der Waals surface area contributed by atoms with E-state index in [0.29, 0.717) is 5.56 Å². The predicted octanol–water partition coefficient (Wildman–Crippen LogP) is 0.921. The van der Waals surface area contributed by atoms with Crippen molar-refractivity contribution in [3.8, 4) is 0 Å². The lowest BCUT2D eigenvalue weighted by Gasteiger charge is -2.23. The Morgan fingerprint density at radius 2 is 1.79 bits per heavy atom. The molecule has 0 radical (unpaired) electrons. The van der Waals surface area contributed by atoms with Gasteiger partial charge in [0, 0.05) is 6.26 Å². The molecule has 0 aliphatic carbocycles. The SMILES string of the molecule is CC(C)(c1ccc(CC(N)C(=O)O)cc1)S(C)(=O)=O. The van der Waals surface area contributed by atoms with Gasteiger partial charge in [0.05, 0.1) is 4.75 Å². The van der Waals surface area contributed by atoms with Crippen LogP contribution in [0.4, 0.5) is 0 Å². The number of sulfone groups is 1. The van der Waals surface area contributed by atoms with Gasteiger partial charge in [-0.2, -0.15) is 0 Å². The van der Waals surface area contributed by atoms with Gasteiger partial charge in [0.1, 0.15) is 6.04 Å². The Hall–Kier alpha value is -1.40. The average molecular weight is 285 g/mol. The summed E-state index contributed by atoms with van der Waals surface area (Å²) in [6.45, 7) is 3.28. The van der Waals surface area contributed by atoms with Gasteiger partial charge >= 0.3 is 5.97 Å². The highest BCUT2D eigenvalue weighted by Gasteiger charge is 2.32. The molecule has 3 N–H and O–H groups in total. The molecule has 0 bridgehead atoms. The molecule has 0 saturated carbocycles. The van der Waals surface area contributed by atoms with Gasteiger partial charge < -0.3 is 10.8 Å². The van der Waals surface area contributed by atoms with Crippen LogP contribution in [0.3, 0.4) is 0 Å². The Kier molecular flexibility index (Phi) is 4.37. The molecule has 0 spiro atoms. The zero-order chi connectivity index (χ0) is 14.8. The van der Waals surface area contributed by atoms with Gasteiger partial charge in [-0.25, -0.2) is 8.42 Å². The number of benzene rings is 1. The maximum Gasteiger partial charge on any atom is 0.320 e. The van der Waals surface area contributed by atoms with Crippen molar-refractivity contribution in [1.29, 1.82) is 0 Å². The second-order valence-corrected chi connectivity index (χ2v) is 7.69. The summed E-state index contributed by atoms with van der Waals surface area (Å²) in [6, 6.07) is 5.88. The highest BCUT2D eigenvalue weighted by Crippen LogP contribution is 2.29. The zero-order valence-electron chi connectivity index (χ0n) is 11.3. The van der Waals surface area contributed by atoms with Crippen LogP contribution in [0.2, 0.25) is 0 Å². The van der Waals surface area contributed by atoms with Gasteiger partial charge in [-0.3, -0.25) is 4.79 Å². The highest BCUT2D eigenvalue weighted by atomic mass is 32.2. The molecule has 1 atom stereocenters. The van der Waals surface area contributed by atoms with E-state index in [9.17, 15) is 13.2 Å². The molecule has 1 aromatic rings. The number of hydrogen-bond donors (Lipinski definition) is 2. The van der Waals surface area contributed by atoms with Crippen LogP contribution in [-0.2, 0) is 25.8 Å². The monoisotopic (exact) mass is 285 g/mol. The topological polar surface area (TPSA) is 97.5 Å². The van der Waals surface area contributed by atoms with E-state index in [2.05, 4.69) is 0 Å². The minimum Gasteiger partial charge on any atom is -0.480 e. The first-order chi connectivity index (χ1) is 8.55. The second kappa shape index (κ2) is 5.30. The lowest BCUT2D eigenvalue weighted by molar-refractivity contribution is -0.138. The molecule has 19 heavy (non-hydrogen) atoms. The molecule has 106 valence electrons. The van der Waals surface area contributed by atoms with Crippen molar-refractivity contribution in [2.45, 2.75) is 31.1 Å². The van der Waals surface area contributed by atoms with Crippen molar-refractivity contribution in [3.05, 3.63) is 35.4 Å². The van der Waals surface area contributed by atoms with Crippen molar-refractivity contribution in [1.82, 2.24) is 0 Å². The van der Waals surface area contributed by atoms with E-state index in [1.807, 2.05) is 0 Å². The maximum atomic E-state index is 11.7. The van der Waals surface area contributed by atoms with Crippen LogP contribution >= 0.6 is 0 Å². The smallest absolute Gasteiger partial charge is 0.320 e. The average Bonchev–Trinajstić information content (AvgIpc) is 2.28. The quantitative estimate of drug-likeness (QED) is 0.838. The first-order valence-corrected chi connectivity index (χ1v) is 7.72. The van der Waals surface area contributed by atoms with E-state index in [1.54, 1.807) is 38.1 Å². The van der Waals surface area contributed by atoms with Crippen molar-refractivity contribution in [2.75, 3.05) is 6.26 Å². The summed E-state index contributed by atoms with van der Waals surface area (Å²) in [7, 11) is -3.22. The van der Waals surface area contributed by atoms with Crippen LogP contribution in [-0.4, -0.2) is 31.8 Å². The number of carboxylic acid groups (broad SMARTS) is 1. The fraction of sp³-hybridized carbons (Fsp3) is 0.462. The van der Waals surface area contributed by atoms with Crippen LogP contribution in [0.25, 0.3) is 0 Å². The lowest BCUT2D eigenvalue weighted by atomic mass is 9.98. The standard InChI is InChI=1S/C13H19NO4S/c1-13(2,19(3,17)18)10-6-4-9(5-7-10)8-11(14)12(15)16/h4-7,11H,8,14H2,1-3H3,(H,15,16). The van der Waals surface area contributed by atoms with Gasteiger partial charge in [-0.05, 0) is 31.4 Å². The third-order valence-electron chi connectivity index (χ3n) is 3.35. The largest absolute Gasteiger partial charge is 0.480 e. The van der Waals surface area contributed by atoms with Gasteiger partial charge in [0.25, 0.3) is 0 Å². The van der Waals surface area contributed by atoms with Crippen molar-refractivity contribution in [3.63, 3.8) is 0 Å². The number of carbonyl (C=O) groups is 1. The minimum absolute atomic E-state index is 0.217. The maximum absolute atomic E-state index is 11.7. The van der Waals surface area contributed by atoms with Crippen molar-refractivity contribution >= 4 is 15.8 Å². The molecular weight excluding hydrogens is 266 g/mol. The number of carboxylic acids is 1. The van der Waals surface area contributed by atoms with E-state index in [-0.39, 0.29) is 6.42 Å². The van der Waals surface area contributed by atoms with Crippen LogP contribution in [0.5, 0.6) is 0 Å². The molecule has 0 amide bonds. The lowest BCUT2D eigenvalue weighted by Crippen LogP contribution is -2.32. The molecule has 0 aliphatic heterocycles. The summed E-state index contributed by atoms with van der Waals surface area (Å²) in [5, 5.41) is 8.73. The molecule has 5 nitrogen and oxygen atoms in total. The number of aliphatic carboxylic acids is 1.